The quantitative estimate of drug-likeness (QED) is 0.639. The largest absolute Gasteiger partial charge is 0.491 e. The van der Waals surface area contributed by atoms with Crippen molar-refractivity contribution < 1.29 is 22.7 Å². The van der Waals surface area contributed by atoms with Crippen molar-refractivity contribution in [3.63, 3.8) is 0 Å². The maximum Gasteiger partial charge on any atom is 0.257 e. The molecule has 1 fully saturated rings. The van der Waals surface area contributed by atoms with Gasteiger partial charge in [0, 0.05) is 13.1 Å². The van der Waals surface area contributed by atoms with Gasteiger partial charge in [0.05, 0.1) is 29.7 Å². The molecule has 0 N–H and O–H groups in total. The number of aromatic nitrogens is 2. The van der Waals surface area contributed by atoms with Gasteiger partial charge in [-0.15, -0.1) is 0 Å². The van der Waals surface area contributed by atoms with Crippen LogP contribution in [0.5, 0.6) is 5.75 Å². The summed E-state index contributed by atoms with van der Waals surface area (Å²) < 4.78 is 48.5. The Hall–Kier alpha value is -3.03. The number of imidazole rings is 1. The highest BCUT2D eigenvalue weighted by molar-refractivity contribution is 5.95. The van der Waals surface area contributed by atoms with Crippen LogP contribution in [0.2, 0.25) is 0 Å². The molecule has 1 aromatic heterocycles. The Labute approximate surface area is 159 Å². The number of nitrogens with zero attached hydrogens (tertiary/aromatic N) is 3. The number of halogens is 3. The zero-order valence-corrected chi connectivity index (χ0v) is 15.4. The summed E-state index contributed by atoms with van der Waals surface area (Å²) in [5.74, 6) is -4.74. The van der Waals surface area contributed by atoms with Gasteiger partial charge in [0.25, 0.3) is 5.91 Å². The van der Waals surface area contributed by atoms with Crippen molar-refractivity contribution in [1.82, 2.24) is 14.5 Å². The first-order chi connectivity index (χ1) is 13.4. The van der Waals surface area contributed by atoms with Crippen LogP contribution in [0.4, 0.5) is 13.2 Å². The predicted molar refractivity (Wildman–Crippen MR) is 96.9 cm³/mol. The Morgan fingerprint density at radius 1 is 1.21 bits per heavy atom. The summed E-state index contributed by atoms with van der Waals surface area (Å²) in [4.78, 5) is 18.8. The van der Waals surface area contributed by atoms with Gasteiger partial charge in [-0.25, -0.2) is 13.8 Å². The minimum Gasteiger partial charge on any atom is -0.491 e. The molecule has 0 saturated carbocycles. The summed E-state index contributed by atoms with van der Waals surface area (Å²) in [7, 11) is 1.02. The monoisotopic (exact) mass is 389 g/mol. The number of benzene rings is 2. The summed E-state index contributed by atoms with van der Waals surface area (Å²) in [6.45, 7) is 2.58. The van der Waals surface area contributed by atoms with Crippen LogP contribution in [0.3, 0.4) is 0 Å². The van der Waals surface area contributed by atoms with E-state index in [0.29, 0.717) is 25.6 Å². The lowest BCUT2D eigenvalue weighted by Crippen LogP contribution is -2.30. The third kappa shape index (κ3) is 2.80. The van der Waals surface area contributed by atoms with Crippen LogP contribution >= 0.6 is 0 Å². The standard InChI is InChI=1S/C20H18F3N3O2/c1-11-24-15-5-3-4-6-16(15)26(11)12-7-8-25(10-12)20(27)13-9-14(21)18(23)19(28-2)17(13)22/h3-6,9,12H,7-8,10H2,1-2H3/t12-/m1/s1. The van der Waals surface area contributed by atoms with E-state index in [1.54, 1.807) is 0 Å². The third-order valence-corrected chi connectivity index (χ3v) is 5.14. The molecule has 1 saturated heterocycles. The molecule has 0 radical (unpaired) electrons. The van der Waals surface area contributed by atoms with Gasteiger partial charge in [-0.3, -0.25) is 4.79 Å². The summed E-state index contributed by atoms with van der Waals surface area (Å²) >= 11 is 0. The van der Waals surface area contributed by atoms with Crippen LogP contribution in [-0.2, 0) is 0 Å². The molecule has 0 spiro atoms. The first-order valence-electron chi connectivity index (χ1n) is 8.86. The molecule has 0 bridgehead atoms. The first kappa shape index (κ1) is 18.3. The zero-order chi connectivity index (χ0) is 20.0. The number of ether oxygens (including phenoxy) is 1. The maximum absolute atomic E-state index is 14.5. The molecule has 2 heterocycles. The van der Waals surface area contributed by atoms with Gasteiger partial charge in [-0.05, 0) is 31.5 Å². The molecule has 0 aliphatic carbocycles. The van der Waals surface area contributed by atoms with Crippen molar-refractivity contribution in [3.8, 4) is 5.75 Å². The fraction of sp³-hybridized carbons (Fsp3) is 0.300. The lowest BCUT2D eigenvalue weighted by atomic mass is 10.1. The van der Waals surface area contributed by atoms with Crippen molar-refractivity contribution in [1.29, 1.82) is 0 Å². The number of fused-ring (bicyclic) bond motifs is 1. The molecule has 1 atom stereocenters. The Morgan fingerprint density at radius 3 is 2.71 bits per heavy atom. The third-order valence-electron chi connectivity index (χ3n) is 5.14. The van der Waals surface area contributed by atoms with E-state index in [0.717, 1.165) is 24.0 Å². The van der Waals surface area contributed by atoms with Gasteiger partial charge in [0.1, 0.15) is 5.82 Å². The number of carbonyl (C=O) groups excluding carboxylic acids is 1. The van der Waals surface area contributed by atoms with Crippen LogP contribution in [0, 0.1) is 24.4 Å². The number of para-hydroxylation sites is 2. The van der Waals surface area contributed by atoms with E-state index < -0.39 is 34.7 Å². The lowest BCUT2D eigenvalue weighted by Gasteiger charge is -2.19. The highest BCUT2D eigenvalue weighted by atomic mass is 19.2. The van der Waals surface area contributed by atoms with Gasteiger partial charge < -0.3 is 14.2 Å². The molecule has 1 aliphatic rings. The molecule has 2 aromatic carbocycles. The van der Waals surface area contributed by atoms with Gasteiger partial charge >= 0.3 is 0 Å². The molecular formula is C20H18F3N3O2. The van der Waals surface area contributed by atoms with Crippen LogP contribution in [0.1, 0.15) is 28.6 Å². The van der Waals surface area contributed by atoms with Crippen molar-refractivity contribution >= 4 is 16.9 Å². The maximum atomic E-state index is 14.5. The van der Waals surface area contributed by atoms with E-state index in [1.165, 1.54) is 4.90 Å². The van der Waals surface area contributed by atoms with Gasteiger partial charge in [0.15, 0.2) is 17.4 Å². The number of aryl methyl sites for hydroxylation is 1. The highest BCUT2D eigenvalue weighted by Gasteiger charge is 2.33. The van der Waals surface area contributed by atoms with Crippen molar-refractivity contribution in [2.45, 2.75) is 19.4 Å². The second-order valence-electron chi connectivity index (χ2n) is 6.78. The molecular weight excluding hydrogens is 371 g/mol. The summed E-state index contributed by atoms with van der Waals surface area (Å²) in [5, 5.41) is 0. The fourth-order valence-corrected chi connectivity index (χ4v) is 3.85. The fourth-order valence-electron chi connectivity index (χ4n) is 3.85. The van der Waals surface area contributed by atoms with Crippen LogP contribution in [-0.4, -0.2) is 40.6 Å². The van der Waals surface area contributed by atoms with Crippen LogP contribution in [0.15, 0.2) is 30.3 Å². The Kier molecular flexibility index (Phi) is 4.49. The van der Waals surface area contributed by atoms with E-state index in [1.807, 2.05) is 31.2 Å². The molecule has 28 heavy (non-hydrogen) atoms. The molecule has 1 amide bonds. The zero-order valence-electron chi connectivity index (χ0n) is 15.4. The topological polar surface area (TPSA) is 47.4 Å². The predicted octanol–water partition coefficient (Wildman–Crippen LogP) is 3.86. The minimum absolute atomic E-state index is 0.0356. The SMILES string of the molecule is COc1c(F)c(F)cc(C(=O)N2CC[C@@H](n3c(C)nc4ccccc43)C2)c1F. The number of amides is 1. The molecule has 0 unspecified atom stereocenters. The van der Waals surface area contributed by atoms with E-state index in [4.69, 9.17) is 0 Å². The Morgan fingerprint density at radius 2 is 1.96 bits per heavy atom. The molecule has 8 heteroatoms. The highest BCUT2D eigenvalue weighted by Crippen LogP contribution is 2.31. The average molecular weight is 389 g/mol. The first-order valence-corrected chi connectivity index (χ1v) is 8.86. The lowest BCUT2D eigenvalue weighted by molar-refractivity contribution is 0.0781. The van der Waals surface area contributed by atoms with Gasteiger partial charge in [-0.1, -0.05) is 12.1 Å². The average Bonchev–Trinajstić information content (AvgIpc) is 3.28. The number of methoxy groups -OCH3 is 1. The Balaban J connectivity index is 1.64. The van der Waals surface area contributed by atoms with E-state index in [2.05, 4.69) is 14.3 Å². The summed E-state index contributed by atoms with van der Waals surface area (Å²) in [6.07, 6.45) is 0.648. The second-order valence-corrected chi connectivity index (χ2v) is 6.78. The van der Waals surface area contributed by atoms with Crippen molar-refractivity contribution in [2.75, 3.05) is 20.2 Å². The minimum atomic E-state index is -1.45. The number of hydrogen-bond acceptors (Lipinski definition) is 3. The van der Waals surface area contributed by atoms with E-state index in [9.17, 15) is 18.0 Å². The van der Waals surface area contributed by atoms with Gasteiger partial charge in [0.2, 0.25) is 5.82 Å². The molecule has 4 rings (SSSR count). The van der Waals surface area contributed by atoms with Crippen LogP contribution < -0.4 is 4.74 Å². The smallest absolute Gasteiger partial charge is 0.257 e. The number of likely N-dealkylation sites (tertiary alicyclic amines) is 1. The molecule has 5 nitrogen and oxygen atoms in total. The second kappa shape index (κ2) is 6.85. The van der Waals surface area contributed by atoms with Gasteiger partial charge in [-0.2, -0.15) is 4.39 Å². The van der Waals surface area contributed by atoms with Crippen LogP contribution in [0.25, 0.3) is 11.0 Å². The Bertz CT molecular complexity index is 1080. The number of carbonyl (C=O) groups is 1. The summed E-state index contributed by atoms with van der Waals surface area (Å²) in [6, 6.07) is 8.25. The van der Waals surface area contributed by atoms with E-state index >= 15 is 0 Å². The number of rotatable bonds is 3. The van der Waals surface area contributed by atoms with Crippen molar-refractivity contribution in [3.05, 3.63) is 59.2 Å². The molecule has 146 valence electrons. The summed E-state index contributed by atoms with van der Waals surface area (Å²) in [5.41, 5.74) is 1.28. The molecule has 3 aromatic rings. The number of hydrogen-bond donors (Lipinski definition) is 0. The molecule has 1 aliphatic heterocycles. The normalized spacial score (nSPS) is 16.8. The van der Waals surface area contributed by atoms with Crippen molar-refractivity contribution in [2.24, 2.45) is 0 Å². The van der Waals surface area contributed by atoms with E-state index in [-0.39, 0.29) is 6.04 Å².